The van der Waals surface area contributed by atoms with Crippen LogP contribution in [0, 0.1) is 5.82 Å². The van der Waals surface area contributed by atoms with Crippen molar-refractivity contribution in [3.8, 4) is 28.3 Å². The van der Waals surface area contributed by atoms with E-state index in [1.54, 1.807) is 42.7 Å². The number of nitrogens with one attached hydrogen (secondary N) is 2. The van der Waals surface area contributed by atoms with Crippen molar-refractivity contribution < 1.29 is 14.6 Å². The average Bonchev–Trinajstić information content (AvgIpc) is 2.96. The average molecular weight is 522 g/mol. The lowest BCUT2D eigenvalue weighted by Crippen LogP contribution is -2.02. The van der Waals surface area contributed by atoms with E-state index in [1.807, 2.05) is 42.5 Å². The molecule has 4 N–H and O–H groups in total. The minimum atomic E-state index is -0.606. The molecule has 39 heavy (non-hydrogen) atoms. The van der Waals surface area contributed by atoms with Crippen LogP contribution in [0.4, 0.5) is 21.7 Å². The van der Waals surface area contributed by atoms with Crippen LogP contribution in [0.1, 0.15) is 11.3 Å². The van der Waals surface area contributed by atoms with Gasteiger partial charge in [0.2, 0.25) is 5.95 Å². The largest absolute Gasteiger partial charge is 0.508 e. The van der Waals surface area contributed by atoms with Gasteiger partial charge in [-0.05, 0) is 65.6 Å². The molecule has 0 atom stereocenters. The van der Waals surface area contributed by atoms with E-state index in [1.165, 1.54) is 6.21 Å². The normalized spacial score (nSPS) is 11.0. The van der Waals surface area contributed by atoms with Crippen LogP contribution < -0.4 is 10.7 Å². The molecule has 2 aromatic carbocycles. The number of hydrogen-bond donors (Lipinski definition) is 4. The topological polar surface area (TPSA) is 128 Å². The van der Waals surface area contributed by atoms with Gasteiger partial charge in [0.05, 0.1) is 35.7 Å². The minimum absolute atomic E-state index is 0.0133. The Morgan fingerprint density at radius 1 is 0.846 bits per heavy atom. The fourth-order valence-electron chi connectivity index (χ4n) is 3.75. The number of halogens is 1. The zero-order valence-electron chi connectivity index (χ0n) is 20.7. The summed E-state index contributed by atoms with van der Waals surface area (Å²) < 4.78 is 14.3. The molecule has 0 spiro atoms. The summed E-state index contributed by atoms with van der Waals surface area (Å²) in [4.78, 5) is 16.7. The SMILES string of the molecule is OCCc1ccc(-c2nc(N/N=C/c3ccc(Nc4ccc(-c5cccc(O)c5)cc4)cn3)ncc2F)nc1. The number of pyridine rings is 2. The van der Waals surface area contributed by atoms with Crippen molar-refractivity contribution in [2.24, 2.45) is 5.10 Å². The molecule has 5 rings (SSSR count). The molecule has 0 radical (unpaired) electrons. The first-order valence-corrected chi connectivity index (χ1v) is 12.1. The summed E-state index contributed by atoms with van der Waals surface area (Å²) in [6.45, 7) is 0.0133. The highest BCUT2D eigenvalue weighted by atomic mass is 19.1. The molecule has 10 heteroatoms. The molecule has 0 unspecified atom stereocenters. The van der Waals surface area contributed by atoms with Gasteiger partial charge in [-0.1, -0.05) is 30.3 Å². The number of aliphatic hydroxyl groups is 1. The van der Waals surface area contributed by atoms with Crippen molar-refractivity contribution in [3.63, 3.8) is 0 Å². The molecule has 3 aromatic heterocycles. The number of aliphatic hydroxyl groups excluding tert-OH is 1. The van der Waals surface area contributed by atoms with Crippen LogP contribution in [0.3, 0.4) is 0 Å². The van der Waals surface area contributed by atoms with Gasteiger partial charge in [-0.2, -0.15) is 5.10 Å². The smallest absolute Gasteiger partial charge is 0.244 e. The summed E-state index contributed by atoms with van der Waals surface area (Å²) in [5, 5.41) is 26.1. The molecule has 0 bridgehead atoms. The van der Waals surface area contributed by atoms with Crippen LogP contribution in [-0.4, -0.2) is 43.0 Å². The number of anilines is 3. The Balaban J connectivity index is 1.19. The predicted molar refractivity (Wildman–Crippen MR) is 148 cm³/mol. The molecule has 0 fully saturated rings. The molecule has 9 nitrogen and oxygen atoms in total. The monoisotopic (exact) mass is 521 g/mol. The van der Waals surface area contributed by atoms with Crippen LogP contribution in [-0.2, 0) is 6.42 Å². The second-order valence-corrected chi connectivity index (χ2v) is 8.51. The third-order valence-corrected chi connectivity index (χ3v) is 5.71. The van der Waals surface area contributed by atoms with E-state index in [0.717, 1.165) is 34.3 Å². The van der Waals surface area contributed by atoms with Crippen molar-refractivity contribution in [2.75, 3.05) is 17.3 Å². The maximum atomic E-state index is 14.3. The number of phenolic OH excluding ortho intramolecular Hbond substituents is 1. The Labute approximate surface area is 223 Å². The third-order valence-electron chi connectivity index (χ3n) is 5.71. The van der Waals surface area contributed by atoms with Crippen molar-refractivity contribution in [3.05, 3.63) is 108 Å². The third kappa shape index (κ3) is 6.56. The number of hydrazone groups is 1. The Hall–Kier alpha value is -5.22. The number of phenols is 1. The molecule has 5 aromatic rings. The summed E-state index contributed by atoms with van der Waals surface area (Å²) in [6.07, 6.45) is 6.29. The lowest BCUT2D eigenvalue weighted by molar-refractivity contribution is 0.299. The van der Waals surface area contributed by atoms with Gasteiger partial charge in [0.25, 0.3) is 0 Å². The second kappa shape index (κ2) is 11.9. The highest BCUT2D eigenvalue weighted by molar-refractivity contribution is 5.78. The fraction of sp³-hybridized carbons (Fsp3) is 0.0690. The van der Waals surface area contributed by atoms with Gasteiger partial charge in [0.15, 0.2) is 5.82 Å². The molecule has 0 aliphatic heterocycles. The van der Waals surface area contributed by atoms with Gasteiger partial charge in [0.1, 0.15) is 11.4 Å². The lowest BCUT2D eigenvalue weighted by atomic mass is 10.1. The van der Waals surface area contributed by atoms with Crippen LogP contribution in [0.25, 0.3) is 22.5 Å². The molecule has 3 heterocycles. The van der Waals surface area contributed by atoms with E-state index in [2.05, 4.69) is 35.8 Å². The highest BCUT2D eigenvalue weighted by Crippen LogP contribution is 2.26. The Morgan fingerprint density at radius 2 is 1.69 bits per heavy atom. The quantitative estimate of drug-likeness (QED) is 0.155. The van der Waals surface area contributed by atoms with Gasteiger partial charge in [0, 0.05) is 18.5 Å². The molecule has 0 aliphatic carbocycles. The van der Waals surface area contributed by atoms with Crippen molar-refractivity contribution in [2.45, 2.75) is 6.42 Å². The summed E-state index contributed by atoms with van der Waals surface area (Å²) in [6, 6.07) is 22.0. The summed E-state index contributed by atoms with van der Waals surface area (Å²) in [5.74, 6) is -0.269. The van der Waals surface area contributed by atoms with E-state index in [4.69, 9.17) is 5.11 Å². The first kappa shape index (κ1) is 25.4. The molecule has 0 aliphatic rings. The summed E-state index contributed by atoms with van der Waals surface area (Å²) in [5.41, 5.74) is 8.15. The van der Waals surface area contributed by atoms with E-state index in [0.29, 0.717) is 17.8 Å². The number of aromatic nitrogens is 4. The van der Waals surface area contributed by atoms with Crippen molar-refractivity contribution >= 4 is 23.5 Å². The second-order valence-electron chi connectivity index (χ2n) is 8.51. The minimum Gasteiger partial charge on any atom is -0.508 e. The van der Waals surface area contributed by atoms with Gasteiger partial charge in [-0.3, -0.25) is 9.97 Å². The van der Waals surface area contributed by atoms with E-state index < -0.39 is 5.82 Å². The fourth-order valence-corrected chi connectivity index (χ4v) is 3.75. The van der Waals surface area contributed by atoms with Crippen molar-refractivity contribution in [1.82, 2.24) is 19.9 Å². The number of benzene rings is 2. The van der Waals surface area contributed by atoms with Gasteiger partial charge >= 0.3 is 0 Å². The number of rotatable bonds is 9. The molecule has 0 amide bonds. The van der Waals surface area contributed by atoms with Gasteiger partial charge < -0.3 is 15.5 Å². The predicted octanol–water partition coefficient (Wildman–Crippen LogP) is 5.17. The maximum absolute atomic E-state index is 14.3. The van der Waals surface area contributed by atoms with E-state index in [-0.39, 0.29) is 24.0 Å². The Bertz CT molecular complexity index is 1580. The van der Waals surface area contributed by atoms with Crippen molar-refractivity contribution in [1.29, 1.82) is 0 Å². The zero-order valence-corrected chi connectivity index (χ0v) is 20.7. The Morgan fingerprint density at radius 3 is 2.41 bits per heavy atom. The molecule has 194 valence electrons. The van der Waals surface area contributed by atoms with Crippen LogP contribution in [0.5, 0.6) is 5.75 Å². The van der Waals surface area contributed by atoms with Crippen LogP contribution in [0.15, 0.2) is 96.5 Å². The molecule has 0 saturated carbocycles. The maximum Gasteiger partial charge on any atom is 0.244 e. The van der Waals surface area contributed by atoms with Gasteiger partial charge in [-0.15, -0.1) is 0 Å². The van der Waals surface area contributed by atoms with Crippen LogP contribution >= 0.6 is 0 Å². The molecular formula is C29H24FN7O2. The standard InChI is InChI=1S/C29H24FN7O2/c30-26-18-33-29(36-28(26)27-11-4-19(12-13-38)15-32-27)37-34-17-23-9-10-24(16-31-23)35-22-7-5-20(6-8-22)21-2-1-3-25(39)14-21/h1-11,14-18,35,38-39H,12-13H2,(H,33,36,37)/b34-17+. The van der Waals surface area contributed by atoms with Gasteiger partial charge in [-0.25, -0.2) is 19.8 Å². The summed E-state index contributed by atoms with van der Waals surface area (Å²) >= 11 is 0. The van der Waals surface area contributed by atoms with E-state index >= 15 is 0 Å². The first-order chi connectivity index (χ1) is 19.1. The first-order valence-electron chi connectivity index (χ1n) is 12.1. The number of aromatic hydroxyl groups is 1. The molecular weight excluding hydrogens is 497 g/mol. The number of hydrogen-bond acceptors (Lipinski definition) is 9. The van der Waals surface area contributed by atoms with Crippen LogP contribution in [0.2, 0.25) is 0 Å². The van der Waals surface area contributed by atoms with E-state index in [9.17, 15) is 9.50 Å². The summed E-state index contributed by atoms with van der Waals surface area (Å²) in [7, 11) is 0. The Kier molecular flexibility index (Phi) is 7.75. The molecule has 0 saturated heterocycles. The zero-order chi connectivity index (χ0) is 27.0. The number of nitrogens with zero attached hydrogens (tertiary/aromatic N) is 5. The lowest BCUT2D eigenvalue weighted by Gasteiger charge is -2.08. The highest BCUT2D eigenvalue weighted by Gasteiger charge is 2.11.